The molecule has 0 aliphatic rings. The van der Waals surface area contributed by atoms with Gasteiger partial charge in [-0.05, 0) is 60.0 Å². The monoisotopic (exact) mass is 602 g/mol. The predicted octanol–water partition coefficient (Wildman–Crippen LogP) is 8.84. The van der Waals surface area contributed by atoms with Crippen molar-refractivity contribution in [1.82, 2.24) is 9.55 Å². The number of halogens is 3. The van der Waals surface area contributed by atoms with Crippen molar-refractivity contribution in [2.24, 2.45) is 7.05 Å². The van der Waals surface area contributed by atoms with Gasteiger partial charge in [0, 0.05) is 48.1 Å². The van der Waals surface area contributed by atoms with E-state index < -0.39 is 17.6 Å². The van der Waals surface area contributed by atoms with E-state index in [1.54, 1.807) is 42.1 Å². The van der Waals surface area contributed by atoms with Gasteiger partial charge in [-0.15, -0.1) is 0 Å². The zero-order valence-corrected chi connectivity index (χ0v) is 25.7. The molecule has 0 fully saturated rings. The molecule has 1 amide bonds. The van der Waals surface area contributed by atoms with Crippen LogP contribution in [0.5, 0.6) is 0 Å². The second-order valence-corrected chi connectivity index (χ2v) is 9.45. The highest BCUT2D eigenvalue weighted by Gasteiger charge is 2.31. The van der Waals surface area contributed by atoms with Crippen LogP contribution in [0.2, 0.25) is 0 Å². The number of hydrogen-bond donors (Lipinski definition) is 2. The summed E-state index contributed by atoms with van der Waals surface area (Å²) < 4.78 is 40.8. The Bertz CT molecular complexity index is 1780. The van der Waals surface area contributed by atoms with Crippen LogP contribution in [-0.4, -0.2) is 15.5 Å². The van der Waals surface area contributed by atoms with Crippen LogP contribution in [0, 0.1) is 6.92 Å². The van der Waals surface area contributed by atoms with Crippen LogP contribution in [0.15, 0.2) is 95.9 Å². The molecule has 0 atom stereocenters. The number of carbonyl (C=O) groups is 1. The minimum atomic E-state index is -4.56. The average molecular weight is 603 g/mol. The fourth-order valence-corrected chi connectivity index (χ4v) is 4.47. The van der Waals surface area contributed by atoms with E-state index in [0.29, 0.717) is 34.7 Å². The third-order valence-electron chi connectivity index (χ3n) is 6.66. The molecule has 0 aliphatic carbocycles. The third-order valence-corrected chi connectivity index (χ3v) is 6.66. The molecule has 0 spiro atoms. The Balaban J connectivity index is 0.00000127. The molecule has 5 aromatic rings. The van der Waals surface area contributed by atoms with Gasteiger partial charge in [0.2, 0.25) is 0 Å². The summed E-state index contributed by atoms with van der Waals surface area (Å²) in [7, 11) is 1.68. The van der Waals surface area contributed by atoms with Gasteiger partial charge in [0.1, 0.15) is 5.82 Å². The quantitative estimate of drug-likeness (QED) is 0.204. The normalized spacial score (nSPS) is 10.7. The number of amides is 1. The number of rotatable bonds is 6. The molecule has 0 saturated heterocycles. The minimum absolute atomic E-state index is 0.124. The molecule has 5 rings (SSSR count). The highest BCUT2D eigenvalue weighted by atomic mass is 19.4. The van der Waals surface area contributed by atoms with Crippen LogP contribution in [-0.2, 0) is 19.8 Å². The molecule has 44 heavy (non-hydrogen) atoms. The molecule has 0 saturated carbocycles. The molecular weight excluding hydrogens is 565 g/mol. The van der Waals surface area contributed by atoms with Crippen molar-refractivity contribution in [2.45, 2.75) is 47.3 Å². The van der Waals surface area contributed by atoms with Crippen LogP contribution in [0.1, 0.15) is 54.7 Å². The summed E-state index contributed by atoms with van der Waals surface area (Å²) >= 11 is 0. The van der Waals surface area contributed by atoms with Crippen LogP contribution < -0.4 is 16.2 Å². The van der Waals surface area contributed by atoms with Gasteiger partial charge in [0.15, 0.2) is 0 Å². The largest absolute Gasteiger partial charge is 0.416 e. The van der Waals surface area contributed by atoms with E-state index in [4.69, 9.17) is 0 Å². The number of aryl methyl sites for hydroxylation is 2. The summed E-state index contributed by atoms with van der Waals surface area (Å²) in [6.45, 7) is 10.4. The smallest absolute Gasteiger partial charge is 0.366 e. The number of nitrogens with one attached hydrogen (secondary N) is 2. The second-order valence-electron chi connectivity index (χ2n) is 9.45. The Kier molecular flexibility index (Phi) is 11.4. The fourth-order valence-electron chi connectivity index (χ4n) is 4.47. The summed E-state index contributed by atoms with van der Waals surface area (Å²) in [4.78, 5) is 30.7. The number of pyridine rings is 2. The first-order valence-electron chi connectivity index (χ1n) is 14.5. The van der Waals surface area contributed by atoms with Gasteiger partial charge in [0.25, 0.3) is 11.5 Å². The van der Waals surface area contributed by atoms with Gasteiger partial charge in [-0.2, -0.15) is 13.2 Å². The van der Waals surface area contributed by atoms with Crippen molar-refractivity contribution in [3.8, 4) is 11.1 Å². The molecule has 0 radical (unpaired) electrons. The first-order chi connectivity index (χ1) is 21.1. The summed E-state index contributed by atoms with van der Waals surface area (Å²) in [5, 5.41) is 6.67. The maximum Gasteiger partial charge on any atom is 0.416 e. The predicted molar refractivity (Wildman–Crippen MR) is 173 cm³/mol. The van der Waals surface area contributed by atoms with Crippen molar-refractivity contribution < 1.29 is 18.0 Å². The van der Waals surface area contributed by atoms with Gasteiger partial charge in [0.05, 0.1) is 11.1 Å². The molecule has 2 aromatic heterocycles. The highest BCUT2D eigenvalue weighted by Crippen LogP contribution is 2.30. The molecule has 9 heteroatoms. The first-order valence-corrected chi connectivity index (χ1v) is 14.5. The Morgan fingerprint density at radius 3 is 2.25 bits per heavy atom. The SMILES string of the molecule is CC.CC.Cc1ccc(NC(=O)c2cccc(C(F)(F)F)c2)cc1-c1cc2cnc(NCc3ccccc3)cc2n(C)c1=O. The average Bonchev–Trinajstić information content (AvgIpc) is 3.05. The summed E-state index contributed by atoms with van der Waals surface area (Å²) in [6, 6.07) is 22.7. The number of anilines is 2. The number of carbonyl (C=O) groups excluding carboxylic acids is 1. The van der Waals surface area contributed by atoms with E-state index in [0.717, 1.165) is 28.6 Å². The number of alkyl halides is 3. The van der Waals surface area contributed by atoms with Gasteiger partial charge < -0.3 is 15.2 Å². The Morgan fingerprint density at radius 2 is 1.57 bits per heavy atom. The molecule has 3 aromatic carbocycles. The zero-order chi connectivity index (χ0) is 32.4. The van der Waals surface area contributed by atoms with Gasteiger partial charge in [-0.3, -0.25) is 9.59 Å². The number of fused-ring (bicyclic) bond motifs is 1. The van der Waals surface area contributed by atoms with E-state index in [-0.39, 0.29) is 11.1 Å². The van der Waals surface area contributed by atoms with Gasteiger partial charge >= 0.3 is 6.18 Å². The van der Waals surface area contributed by atoms with Crippen molar-refractivity contribution in [3.63, 3.8) is 0 Å². The number of aromatic nitrogens is 2. The van der Waals surface area contributed by atoms with E-state index in [9.17, 15) is 22.8 Å². The van der Waals surface area contributed by atoms with Crippen molar-refractivity contribution in [1.29, 1.82) is 0 Å². The molecule has 0 unspecified atom stereocenters. The summed E-state index contributed by atoms with van der Waals surface area (Å²) in [5.41, 5.74) is 2.68. The zero-order valence-electron chi connectivity index (χ0n) is 25.7. The van der Waals surface area contributed by atoms with Crippen LogP contribution in [0.25, 0.3) is 22.0 Å². The van der Waals surface area contributed by atoms with Gasteiger partial charge in [-0.25, -0.2) is 4.98 Å². The van der Waals surface area contributed by atoms with E-state index >= 15 is 0 Å². The van der Waals surface area contributed by atoms with E-state index in [1.807, 2.05) is 71.0 Å². The lowest BCUT2D eigenvalue weighted by Gasteiger charge is -2.14. The molecule has 6 nitrogen and oxygen atoms in total. The maximum atomic E-state index is 13.4. The molecule has 0 bridgehead atoms. The Hall–Kier alpha value is -4.92. The van der Waals surface area contributed by atoms with Crippen molar-refractivity contribution in [3.05, 3.63) is 124 Å². The van der Waals surface area contributed by atoms with Crippen LogP contribution in [0.4, 0.5) is 24.7 Å². The number of hydrogen-bond acceptors (Lipinski definition) is 4. The lowest BCUT2D eigenvalue weighted by molar-refractivity contribution is -0.137. The standard InChI is InChI=1S/C31H25F3N4O2.2C2H6/c1-19-11-12-24(37-29(39)21-9-6-10-23(13-21)31(32,33)34)15-25(19)26-14-22-18-36-28(16-27(22)38(2)30(26)40)35-17-20-7-4-3-5-8-20;2*1-2/h3-16,18H,17H2,1-2H3,(H,35,36)(H,37,39);2*1-2H3. The van der Waals surface area contributed by atoms with Crippen LogP contribution >= 0.6 is 0 Å². The highest BCUT2D eigenvalue weighted by molar-refractivity contribution is 6.04. The maximum absolute atomic E-state index is 13.4. The Morgan fingerprint density at radius 1 is 0.864 bits per heavy atom. The van der Waals surface area contributed by atoms with E-state index in [1.165, 1.54) is 12.1 Å². The van der Waals surface area contributed by atoms with Crippen molar-refractivity contribution >= 4 is 28.3 Å². The lowest BCUT2D eigenvalue weighted by atomic mass is 9.99. The number of benzene rings is 3. The summed E-state index contributed by atoms with van der Waals surface area (Å²) in [5.74, 6) is -0.0540. The molecule has 2 heterocycles. The van der Waals surface area contributed by atoms with Gasteiger partial charge in [-0.1, -0.05) is 70.2 Å². The molecule has 2 N–H and O–H groups in total. The minimum Gasteiger partial charge on any atom is -0.366 e. The lowest BCUT2D eigenvalue weighted by Crippen LogP contribution is -2.20. The third kappa shape index (κ3) is 7.92. The second kappa shape index (κ2) is 15.0. The first kappa shape index (κ1) is 33.6. The van der Waals surface area contributed by atoms with Crippen molar-refractivity contribution in [2.75, 3.05) is 10.6 Å². The molecule has 230 valence electrons. The fraction of sp³-hybridized carbons (Fsp3) is 0.229. The molecule has 0 aliphatic heterocycles. The van der Waals surface area contributed by atoms with E-state index in [2.05, 4.69) is 15.6 Å². The van der Waals surface area contributed by atoms with Crippen LogP contribution in [0.3, 0.4) is 0 Å². The Labute approximate surface area is 255 Å². The summed E-state index contributed by atoms with van der Waals surface area (Å²) in [6.07, 6.45) is -2.86. The topological polar surface area (TPSA) is 76.0 Å². The number of nitrogens with zero attached hydrogens (tertiary/aromatic N) is 2. The molecular formula is C35H37F3N4O2.